The monoisotopic (exact) mass is 513 g/mol. The lowest BCUT2D eigenvalue weighted by Gasteiger charge is -2.60. The number of sulfone groups is 1. The van der Waals surface area contributed by atoms with Gasteiger partial charge in [0.15, 0.2) is 15.7 Å². The lowest BCUT2D eigenvalue weighted by atomic mass is 9.72. The maximum atomic E-state index is 12.6. The predicted molar refractivity (Wildman–Crippen MR) is 127 cm³/mol. The van der Waals surface area contributed by atoms with Crippen LogP contribution in [0.3, 0.4) is 0 Å². The SMILES string of the molecule is N#CC1(C(=O)N2CC3(C2)CN(c2nnc4n2-c2ccc(Cl)cc2CN(C2CS(=O)(=O)C2)C4)C3)CC1. The zero-order chi connectivity index (χ0) is 24.2. The molecule has 35 heavy (non-hydrogen) atoms. The van der Waals surface area contributed by atoms with Gasteiger partial charge >= 0.3 is 0 Å². The molecule has 0 unspecified atom stereocenters. The molecule has 1 spiro atoms. The van der Waals surface area contributed by atoms with Gasteiger partial charge in [0.2, 0.25) is 11.9 Å². The molecule has 1 amide bonds. The zero-order valence-corrected chi connectivity index (χ0v) is 20.6. The molecule has 2 aromatic rings. The average molecular weight is 514 g/mol. The first-order valence-electron chi connectivity index (χ1n) is 11.8. The summed E-state index contributed by atoms with van der Waals surface area (Å²) in [5.41, 5.74) is 1.27. The van der Waals surface area contributed by atoms with Crippen molar-refractivity contribution in [3.63, 3.8) is 0 Å². The number of benzene rings is 1. The third-order valence-corrected chi connectivity index (χ3v) is 10.2. The summed E-state index contributed by atoms with van der Waals surface area (Å²) in [6, 6.07) is 7.94. The van der Waals surface area contributed by atoms with Crippen LogP contribution in [0, 0.1) is 22.2 Å². The molecule has 1 aromatic heterocycles. The number of hydrogen-bond donors (Lipinski definition) is 0. The van der Waals surface area contributed by atoms with Gasteiger partial charge < -0.3 is 9.80 Å². The van der Waals surface area contributed by atoms with Gasteiger partial charge in [-0.25, -0.2) is 8.42 Å². The Labute approximate surface area is 208 Å². The van der Waals surface area contributed by atoms with Crippen LogP contribution >= 0.6 is 11.6 Å². The average Bonchev–Trinajstić information content (AvgIpc) is 3.48. The van der Waals surface area contributed by atoms with Crippen molar-refractivity contribution in [3.8, 4) is 11.8 Å². The first kappa shape index (κ1) is 21.6. The lowest BCUT2D eigenvalue weighted by molar-refractivity contribution is -0.149. The Balaban J connectivity index is 1.13. The molecule has 0 radical (unpaired) electrons. The summed E-state index contributed by atoms with van der Waals surface area (Å²) >= 11 is 6.32. The van der Waals surface area contributed by atoms with Gasteiger partial charge in [0.1, 0.15) is 5.41 Å². The minimum absolute atomic E-state index is 0.00988. The molecule has 4 fully saturated rings. The number of anilines is 1. The number of halogens is 1. The second-order valence-corrected chi connectivity index (χ2v) is 13.5. The molecule has 0 bridgehead atoms. The van der Waals surface area contributed by atoms with Gasteiger partial charge in [-0.1, -0.05) is 11.6 Å². The fourth-order valence-corrected chi connectivity index (χ4v) is 7.73. The maximum absolute atomic E-state index is 12.6. The minimum Gasteiger partial charge on any atom is -0.340 e. The number of carbonyl (C=O) groups is 1. The summed E-state index contributed by atoms with van der Waals surface area (Å²) < 4.78 is 25.7. The third-order valence-electron chi connectivity index (χ3n) is 8.17. The van der Waals surface area contributed by atoms with Crippen molar-refractivity contribution < 1.29 is 13.2 Å². The van der Waals surface area contributed by atoms with E-state index < -0.39 is 15.3 Å². The second-order valence-electron chi connectivity index (χ2n) is 10.9. The van der Waals surface area contributed by atoms with Crippen LogP contribution in [0.4, 0.5) is 5.95 Å². The van der Waals surface area contributed by atoms with Crippen molar-refractivity contribution in [1.29, 1.82) is 5.26 Å². The smallest absolute Gasteiger partial charge is 0.243 e. The number of amides is 1. The van der Waals surface area contributed by atoms with E-state index in [4.69, 9.17) is 11.6 Å². The Morgan fingerprint density at radius 1 is 1.11 bits per heavy atom. The normalized spacial score (nSPS) is 25.4. The highest BCUT2D eigenvalue weighted by Gasteiger charge is 2.60. The third kappa shape index (κ3) is 3.23. The Morgan fingerprint density at radius 3 is 2.51 bits per heavy atom. The number of rotatable bonds is 3. The highest BCUT2D eigenvalue weighted by Crippen LogP contribution is 2.50. The molecule has 182 valence electrons. The molecule has 1 aliphatic carbocycles. The van der Waals surface area contributed by atoms with Crippen molar-refractivity contribution in [3.05, 3.63) is 34.6 Å². The predicted octanol–water partition coefficient (Wildman–Crippen LogP) is 0.986. The number of nitriles is 1. The molecule has 0 atom stereocenters. The first-order valence-corrected chi connectivity index (χ1v) is 14.0. The van der Waals surface area contributed by atoms with Gasteiger partial charge in [0.05, 0.1) is 29.8 Å². The van der Waals surface area contributed by atoms with Crippen LogP contribution in [0.15, 0.2) is 18.2 Å². The number of nitrogens with zero attached hydrogens (tertiary/aromatic N) is 7. The van der Waals surface area contributed by atoms with Crippen LogP contribution in [0.5, 0.6) is 0 Å². The Morgan fingerprint density at radius 2 is 1.86 bits per heavy atom. The van der Waals surface area contributed by atoms with Crippen LogP contribution in [-0.2, 0) is 27.7 Å². The van der Waals surface area contributed by atoms with Crippen molar-refractivity contribution in [2.24, 2.45) is 10.8 Å². The molecular formula is C23H24ClN7O3S. The van der Waals surface area contributed by atoms with E-state index in [0.717, 1.165) is 36.1 Å². The van der Waals surface area contributed by atoms with Crippen molar-refractivity contribution in [2.45, 2.75) is 32.0 Å². The Kier molecular flexibility index (Phi) is 4.29. The molecule has 12 heteroatoms. The van der Waals surface area contributed by atoms with E-state index in [-0.39, 0.29) is 28.9 Å². The molecule has 1 aromatic carbocycles. The molecule has 7 rings (SSSR count). The number of aromatic nitrogens is 3. The van der Waals surface area contributed by atoms with E-state index in [1.54, 1.807) is 0 Å². The number of hydrogen-bond acceptors (Lipinski definition) is 8. The van der Waals surface area contributed by atoms with Crippen LogP contribution in [0.2, 0.25) is 5.02 Å². The van der Waals surface area contributed by atoms with Crippen molar-refractivity contribution in [1.82, 2.24) is 24.6 Å². The van der Waals surface area contributed by atoms with Gasteiger partial charge in [0, 0.05) is 49.2 Å². The van der Waals surface area contributed by atoms with Crippen molar-refractivity contribution >= 4 is 33.3 Å². The molecular weight excluding hydrogens is 490 g/mol. The van der Waals surface area contributed by atoms with E-state index in [1.165, 1.54) is 0 Å². The molecule has 5 heterocycles. The molecule has 0 N–H and O–H groups in total. The fourth-order valence-electron chi connectivity index (χ4n) is 6.04. The Hall–Kier alpha value is -2.68. The largest absolute Gasteiger partial charge is 0.340 e. The van der Waals surface area contributed by atoms with E-state index in [1.807, 2.05) is 23.1 Å². The maximum Gasteiger partial charge on any atom is 0.243 e. The molecule has 10 nitrogen and oxygen atoms in total. The summed E-state index contributed by atoms with van der Waals surface area (Å²) in [6.07, 6.45) is 1.36. The van der Waals surface area contributed by atoms with E-state index >= 15 is 0 Å². The van der Waals surface area contributed by atoms with E-state index in [9.17, 15) is 18.5 Å². The van der Waals surface area contributed by atoms with Crippen LogP contribution < -0.4 is 4.90 Å². The molecule has 5 aliphatic rings. The lowest BCUT2D eigenvalue weighted by Crippen LogP contribution is -2.74. The number of likely N-dealkylation sites (tertiary alicyclic amines) is 1. The zero-order valence-electron chi connectivity index (χ0n) is 19.0. The van der Waals surface area contributed by atoms with Gasteiger partial charge in [-0.05, 0) is 36.6 Å². The summed E-state index contributed by atoms with van der Waals surface area (Å²) in [5.74, 6) is 1.87. The van der Waals surface area contributed by atoms with Gasteiger partial charge in [-0.15, -0.1) is 10.2 Å². The molecule has 4 aliphatic heterocycles. The standard InChI is InChI=1S/C23H24ClN7O3S/c24-16-1-2-18-15(5-16)6-28(17-8-35(33,34)9-17)7-19-26-27-21(31(18)19)30-13-22(14-30)11-29(12-22)20(32)23(10-25)3-4-23/h1-2,5,17H,3-4,6-9,11-14H2. The summed E-state index contributed by atoms with van der Waals surface area (Å²) in [4.78, 5) is 18.8. The quantitative estimate of drug-likeness (QED) is 0.596. The van der Waals surface area contributed by atoms with Gasteiger partial charge in [0.25, 0.3) is 0 Å². The highest BCUT2D eigenvalue weighted by molar-refractivity contribution is 7.92. The first-order chi connectivity index (χ1) is 16.7. The fraction of sp³-hybridized carbons (Fsp3) is 0.565. The highest BCUT2D eigenvalue weighted by atomic mass is 35.5. The van der Waals surface area contributed by atoms with E-state index in [2.05, 4.69) is 30.6 Å². The van der Waals surface area contributed by atoms with Crippen molar-refractivity contribution in [2.75, 3.05) is 42.6 Å². The minimum atomic E-state index is -2.95. The topological polar surface area (TPSA) is 115 Å². The summed E-state index contributed by atoms with van der Waals surface area (Å²) in [7, 11) is -2.95. The van der Waals surface area contributed by atoms with E-state index in [0.29, 0.717) is 44.0 Å². The molecule has 3 saturated heterocycles. The van der Waals surface area contributed by atoms with Crippen LogP contribution in [0.25, 0.3) is 5.69 Å². The van der Waals surface area contributed by atoms with Gasteiger partial charge in [-0.2, -0.15) is 5.26 Å². The second kappa shape index (κ2) is 6.96. The number of fused-ring (bicyclic) bond motifs is 3. The Bertz CT molecular complexity index is 1400. The molecule has 1 saturated carbocycles. The number of carbonyl (C=O) groups excluding carboxylic acids is 1. The summed E-state index contributed by atoms with van der Waals surface area (Å²) in [5, 5.41) is 19.0. The van der Waals surface area contributed by atoms with Crippen LogP contribution in [0.1, 0.15) is 24.2 Å². The summed E-state index contributed by atoms with van der Waals surface area (Å²) in [6.45, 7) is 4.03. The van der Waals surface area contributed by atoms with Gasteiger partial charge in [-0.3, -0.25) is 14.3 Å². The van der Waals surface area contributed by atoms with Crippen LogP contribution in [-0.4, -0.2) is 82.6 Å².